The van der Waals surface area contributed by atoms with E-state index in [9.17, 15) is 31.0 Å². The number of nitrogens with zero attached hydrogens (tertiary/aromatic N) is 6. The fraction of sp³-hybridized carbons (Fsp3) is 0.125. The number of aromatic hydroxyl groups is 1. The molecule has 0 radical (unpaired) electrons. The van der Waals surface area contributed by atoms with Gasteiger partial charge in [-0.15, -0.1) is 25.6 Å². The number of azo groups is 3. The average molecular weight is 767 g/mol. The molecule has 5 aromatic rings. The van der Waals surface area contributed by atoms with Crippen molar-refractivity contribution in [2.45, 2.75) is 9.79 Å². The summed E-state index contributed by atoms with van der Waals surface area (Å²) in [6.07, 6.45) is 0. The van der Waals surface area contributed by atoms with Gasteiger partial charge in [0.05, 0.1) is 39.8 Å². The van der Waals surface area contributed by atoms with E-state index in [1.165, 1.54) is 83.0 Å². The molecular weight excluding hydrogens is 737 g/mol. The summed E-state index contributed by atoms with van der Waals surface area (Å²) in [4.78, 5) is -1.34. The second-order valence-electron chi connectivity index (χ2n) is 10.7. The number of fused-ring (bicyclic) bond motifs is 1. The number of ether oxygens (including phenoxy) is 4. The molecule has 0 aromatic heterocycles. The molecule has 0 saturated carbocycles. The molecule has 0 unspecified atom stereocenters. The van der Waals surface area contributed by atoms with E-state index in [1.807, 2.05) is 0 Å². The number of hydrogen-bond donors (Lipinski definition) is 5. The molecular formula is C32H30N8O11S2. The molecule has 53 heavy (non-hydrogen) atoms. The normalized spacial score (nSPS) is 12.3. The summed E-state index contributed by atoms with van der Waals surface area (Å²) < 4.78 is 89.5. The topological polar surface area (TPSA) is 292 Å². The van der Waals surface area contributed by atoms with E-state index in [1.54, 1.807) is 0 Å². The minimum Gasteiger partial charge on any atom is -0.505 e. The van der Waals surface area contributed by atoms with E-state index in [-0.39, 0.29) is 56.4 Å². The number of rotatable bonds is 12. The van der Waals surface area contributed by atoms with Gasteiger partial charge >= 0.3 is 0 Å². The van der Waals surface area contributed by atoms with Crippen molar-refractivity contribution in [2.75, 3.05) is 39.9 Å². The Kier molecular flexibility index (Phi) is 10.7. The van der Waals surface area contributed by atoms with Gasteiger partial charge in [-0.25, -0.2) is 0 Å². The Morgan fingerprint density at radius 1 is 0.547 bits per heavy atom. The van der Waals surface area contributed by atoms with E-state index in [2.05, 4.69) is 30.7 Å². The lowest BCUT2D eigenvalue weighted by Crippen LogP contribution is -1.99. The summed E-state index contributed by atoms with van der Waals surface area (Å²) in [7, 11) is -4.23. The molecule has 5 aromatic carbocycles. The first-order chi connectivity index (χ1) is 25.1. The highest BCUT2D eigenvalue weighted by molar-refractivity contribution is 7.86. The first-order valence-electron chi connectivity index (χ1n) is 14.7. The Hall–Kier alpha value is -6.42. The van der Waals surface area contributed by atoms with E-state index in [0.29, 0.717) is 17.2 Å². The van der Waals surface area contributed by atoms with Crippen LogP contribution in [0.15, 0.2) is 107 Å². The van der Waals surface area contributed by atoms with Crippen LogP contribution in [0.25, 0.3) is 10.8 Å². The molecule has 0 fully saturated rings. The van der Waals surface area contributed by atoms with Crippen LogP contribution in [0.4, 0.5) is 45.5 Å². The monoisotopic (exact) mass is 766 g/mol. The third-order valence-corrected chi connectivity index (χ3v) is 9.13. The van der Waals surface area contributed by atoms with Crippen LogP contribution in [-0.4, -0.2) is 59.5 Å². The van der Waals surface area contributed by atoms with Crippen molar-refractivity contribution in [1.29, 1.82) is 0 Å². The first kappa shape index (κ1) is 37.8. The summed E-state index contributed by atoms with van der Waals surface area (Å²) >= 11 is 0. The van der Waals surface area contributed by atoms with Gasteiger partial charge < -0.3 is 35.5 Å². The lowest BCUT2D eigenvalue weighted by atomic mass is 10.1. The highest BCUT2D eigenvalue weighted by Gasteiger charge is 2.23. The number of benzene rings is 5. The van der Waals surface area contributed by atoms with E-state index in [0.717, 1.165) is 12.1 Å². The molecule has 5 rings (SSSR count). The second kappa shape index (κ2) is 15.1. The van der Waals surface area contributed by atoms with Crippen molar-refractivity contribution < 1.29 is 50.0 Å². The fourth-order valence-corrected chi connectivity index (χ4v) is 6.15. The van der Waals surface area contributed by atoms with Crippen LogP contribution in [0.1, 0.15) is 0 Å². The van der Waals surface area contributed by atoms with Crippen molar-refractivity contribution in [1.82, 2.24) is 0 Å². The molecule has 0 heterocycles. The third kappa shape index (κ3) is 8.23. The van der Waals surface area contributed by atoms with Gasteiger partial charge in [0.1, 0.15) is 61.2 Å². The van der Waals surface area contributed by atoms with E-state index >= 15 is 0 Å². The number of anilines is 2. The summed E-state index contributed by atoms with van der Waals surface area (Å²) in [5.41, 5.74) is 11.6. The lowest BCUT2D eigenvalue weighted by molar-refractivity contribution is 0.405. The molecule has 0 saturated heterocycles. The first-order valence-corrected chi connectivity index (χ1v) is 17.6. The number of hydrogen-bond acceptors (Lipinski definition) is 17. The fourth-order valence-electron chi connectivity index (χ4n) is 4.83. The SMILES string of the molecule is COc1cc(N=Nc2ccc3cc(S(=O)(=O)O)c(N=Nc4cc(OC)c(N=Nc5ccc(N)cc5S(=O)(=O)O)cc4OC)c(O)c3c2)c(OC)cc1N. The maximum atomic E-state index is 12.4. The molecule has 0 aliphatic carbocycles. The third-order valence-electron chi connectivity index (χ3n) is 7.38. The zero-order valence-electron chi connectivity index (χ0n) is 28.1. The number of methoxy groups -OCH3 is 4. The predicted octanol–water partition coefficient (Wildman–Crippen LogP) is 7.48. The molecule has 21 heteroatoms. The van der Waals surface area contributed by atoms with Crippen LogP contribution < -0.4 is 30.4 Å². The average Bonchev–Trinajstić information content (AvgIpc) is 3.12. The van der Waals surface area contributed by atoms with Crippen LogP contribution in [0, 0.1) is 0 Å². The predicted molar refractivity (Wildman–Crippen MR) is 192 cm³/mol. The number of phenols is 1. The maximum absolute atomic E-state index is 12.4. The second-order valence-corrected chi connectivity index (χ2v) is 13.5. The summed E-state index contributed by atoms with van der Waals surface area (Å²) in [6.45, 7) is 0. The summed E-state index contributed by atoms with van der Waals surface area (Å²) in [6, 6.07) is 14.7. The van der Waals surface area contributed by atoms with Crippen LogP contribution in [0.3, 0.4) is 0 Å². The van der Waals surface area contributed by atoms with Crippen LogP contribution >= 0.6 is 0 Å². The van der Waals surface area contributed by atoms with Gasteiger partial charge in [-0.2, -0.15) is 21.9 Å². The van der Waals surface area contributed by atoms with Crippen LogP contribution in [-0.2, 0) is 20.2 Å². The smallest absolute Gasteiger partial charge is 0.296 e. The van der Waals surface area contributed by atoms with Crippen LogP contribution in [0.5, 0.6) is 28.7 Å². The van der Waals surface area contributed by atoms with Crippen molar-refractivity contribution in [3.8, 4) is 28.7 Å². The van der Waals surface area contributed by atoms with E-state index < -0.39 is 41.5 Å². The summed E-state index contributed by atoms with van der Waals surface area (Å²) in [5.74, 6) is 0.00584. The van der Waals surface area contributed by atoms with Gasteiger partial charge in [0.15, 0.2) is 5.75 Å². The quantitative estimate of drug-likeness (QED) is 0.0468. The minimum absolute atomic E-state index is 0.00178. The molecule has 0 spiro atoms. The lowest BCUT2D eigenvalue weighted by Gasteiger charge is -2.11. The van der Waals surface area contributed by atoms with Gasteiger partial charge in [-0.05, 0) is 41.8 Å². The number of nitrogens with two attached hydrogens (primary N) is 2. The molecule has 19 nitrogen and oxygen atoms in total. The van der Waals surface area contributed by atoms with Crippen molar-refractivity contribution >= 4 is 76.5 Å². The van der Waals surface area contributed by atoms with Gasteiger partial charge in [-0.3, -0.25) is 9.11 Å². The van der Waals surface area contributed by atoms with Crippen molar-refractivity contribution in [2.24, 2.45) is 30.7 Å². The minimum atomic E-state index is -4.96. The van der Waals surface area contributed by atoms with Gasteiger partial charge in [0.25, 0.3) is 20.2 Å². The molecule has 0 bridgehead atoms. The largest absolute Gasteiger partial charge is 0.505 e. The van der Waals surface area contributed by atoms with Gasteiger partial charge in [-0.1, -0.05) is 6.07 Å². The molecule has 0 aliphatic heterocycles. The molecule has 7 N–H and O–H groups in total. The number of nitrogen functional groups attached to an aromatic ring is 2. The molecule has 0 amide bonds. The highest BCUT2D eigenvalue weighted by Crippen LogP contribution is 2.45. The maximum Gasteiger partial charge on any atom is 0.296 e. The Bertz CT molecular complexity index is 2560. The van der Waals surface area contributed by atoms with Crippen molar-refractivity contribution in [3.05, 3.63) is 66.7 Å². The zero-order valence-corrected chi connectivity index (χ0v) is 29.7. The summed E-state index contributed by atoms with van der Waals surface area (Å²) in [5, 5.41) is 35.9. The highest BCUT2D eigenvalue weighted by atomic mass is 32.2. The van der Waals surface area contributed by atoms with Gasteiger partial charge in [0, 0.05) is 35.3 Å². The Morgan fingerprint density at radius 2 is 1.06 bits per heavy atom. The van der Waals surface area contributed by atoms with Gasteiger partial charge in [0.2, 0.25) is 0 Å². The molecule has 0 atom stereocenters. The Morgan fingerprint density at radius 3 is 1.62 bits per heavy atom. The van der Waals surface area contributed by atoms with E-state index in [4.69, 9.17) is 30.4 Å². The standard InChI is InChI=1S/C32H30N8O11S2/c1-48-25-13-22(26(49-2)12-20(25)34)37-35-18-7-5-16-9-30(53(45,46)47)31(32(41)19(16)11-18)40-39-24-15-27(50-3)23(14-28(24)51-4)38-36-21-8-6-17(33)10-29(21)52(42,43)44/h5-15,41H,33-34H2,1-4H3,(H,42,43,44)(H,45,46,47). The number of phenolic OH excluding ortho intramolecular Hbond substituents is 1. The Balaban J connectivity index is 1.57. The van der Waals surface area contributed by atoms with Crippen LogP contribution in [0.2, 0.25) is 0 Å². The van der Waals surface area contributed by atoms with Crippen molar-refractivity contribution in [3.63, 3.8) is 0 Å². The zero-order chi connectivity index (χ0) is 38.7. The molecule has 276 valence electrons. The molecule has 0 aliphatic rings. The Labute approximate surface area is 301 Å².